The number of nitrogens with zero attached hydrogens (tertiary/aromatic N) is 3. The smallest absolute Gasteiger partial charge is 0.322 e. The van der Waals surface area contributed by atoms with Gasteiger partial charge in [0.15, 0.2) is 0 Å². The van der Waals surface area contributed by atoms with Crippen molar-refractivity contribution in [1.82, 2.24) is 25.3 Å². The van der Waals surface area contributed by atoms with Crippen LogP contribution in [0.1, 0.15) is 61.5 Å². The predicted octanol–water partition coefficient (Wildman–Crippen LogP) is 4.92. The second-order valence-electron chi connectivity index (χ2n) is 13.0. The average Bonchev–Trinajstić information content (AvgIpc) is 3.53. The molecule has 45 heavy (non-hydrogen) atoms. The lowest BCUT2D eigenvalue weighted by atomic mass is 9.79. The number of hydrogen-bond acceptors (Lipinski definition) is 6. The number of aryl methyl sites for hydroxylation is 1. The molecule has 6 rings (SSSR count). The van der Waals surface area contributed by atoms with Crippen LogP contribution in [0.3, 0.4) is 0 Å². The Morgan fingerprint density at radius 3 is 2.44 bits per heavy atom. The first-order valence-corrected chi connectivity index (χ1v) is 17.8. The molecule has 2 aromatic rings. The number of nitrogens with two attached hydrogens (primary N) is 1. The second kappa shape index (κ2) is 14.2. The van der Waals surface area contributed by atoms with Crippen LogP contribution in [-0.2, 0) is 24.2 Å². The molecule has 5 N–H and O–H groups in total. The maximum atomic E-state index is 14.1. The number of carbonyl (C=O) groups excluding carboxylic acids is 3. The van der Waals surface area contributed by atoms with Gasteiger partial charge >= 0.3 is 12.1 Å². The van der Waals surface area contributed by atoms with Crippen LogP contribution in [-0.4, -0.2) is 84.0 Å². The van der Waals surface area contributed by atoms with Crippen molar-refractivity contribution in [3.8, 4) is 0 Å². The molecule has 1 atom stereocenters. The standard InChI is InChI=1S/C33H46ClN7O3S/c1-2-22-17-21(18-26(34)30(22)35)19-28(31(42)39-12-5-24(6-13-39)23-3-10-36-11-4-23)38-32(43)40-14-7-25(8-15-40)41-20-29-27(9-16-45-29)37-33(41)44/h9,16-18,23-25,28,36H,2-8,10-15,19-20,35H2,1H3,(H,37,44)(H,38,43)/t28-/m1/s1. The lowest BCUT2D eigenvalue weighted by molar-refractivity contribution is -0.135. The van der Waals surface area contributed by atoms with E-state index < -0.39 is 6.04 Å². The first kappa shape index (κ1) is 31.9. The van der Waals surface area contributed by atoms with Crippen molar-refractivity contribution >= 4 is 52.3 Å². The number of likely N-dealkylation sites (tertiary alicyclic amines) is 2. The Bertz CT molecular complexity index is 1380. The van der Waals surface area contributed by atoms with Gasteiger partial charge in [-0.2, -0.15) is 0 Å². The van der Waals surface area contributed by atoms with Gasteiger partial charge in [-0.25, -0.2) is 9.59 Å². The topological polar surface area (TPSA) is 123 Å². The summed E-state index contributed by atoms with van der Waals surface area (Å²) in [4.78, 5) is 47.3. The second-order valence-corrected chi connectivity index (χ2v) is 14.4. The molecular weight excluding hydrogens is 610 g/mol. The molecule has 3 fully saturated rings. The minimum absolute atomic E-state index is 0.0373. The third-order valence-corrected chi connectivity index (χ3v) is 11.6. The fraction of sp³-hybridized carbons (Fsp3) is 0.606. The van der Waals surface area contributed by atoms with E-state index in [9.17, 15) is 14.4 Å². The van der Waals surface area contributed by atoms with Crippen LogP contribution in [0, 0.1) is 11.8 Å². The summed E-state index contributed by atoms with van der Waals surface area (Å²) in [7, 11) is 0. The van der Waals surface area contributed by atoms with Crippen LogP contribution in [0.25, 0.3) is 0 Å². The zero-order chi connectivity index (χ0) is 31.5. The molecule has 5 heterocycles. The quantitative estimate of drug-likeness (QED) is 0.316. The highest BCUT2D eigenvalue weighted by Gasteiger charge is 2.36. The van der Waals surface area contributed by atoms with Crippen molar-refractivity contribution in [2.75, 3.05) is 50.3 Å². The average molecular weight is 656 g/mol. The third kappa shape index (κ3) is 7.20. The van der Waals surface area contributed by atoms with E-state index >= 15 is 0 Å². The van der Waals surface area contributed by atoms with Crippen molar-refractivity contribution in [3.63, 3.8) is 0 Å². The fourth-order valence-electron chi connectivity index (χ4n) is 7.61. The van der Waals surface area contributed by atoms with Crippen molar-refractivity contribution in [2.45, 2.75) is 76.9 Å². The Balaban J connectivity index is 1.10. The minimum atomic E-state index is -0.708. The Hall–Kier alpha value is -3.02. The molecule has 0 aliphatic carbocycles. The van der Waals surface area contributed by atoms with Gasteiger partial charge in [0.2, 0.25) is 5.91 Å². The summed E-state index contributed by atoms with van der Waals surface area (Å²) in [5.41, 5.74) is 9.49. The van der Waals surface area contributed by atoms with Crippen LogP contribution < -0.4 is 21.7 Å². The lowest BCUT2D eigenvalue weighted by Gasteiger charge is -2.41. The van der Waals surface area contributed by atoms with Gasteiger partial charge in [0, 0.05) is 43.5 Å². The zero-order valence-corrected chi connectivity index (χ0v) is 27.7. The van der Waals surface area contributed by atoms with Crippen molar-refractivity contribution in [1.29, 1.82) is 0 Å². The van der Waals surface area contributed by atoms with Crippen molar-refractivity contribution < 1.29 is 14.4 Å². The maximum Gasteiger partial charge on any atom is 0.322 e. The van der Waals surface area contributed by atoms with E-state index in [-0.39, 0.29) is 24.0 Å². The summed E-state index contributed by atoms with van der Waals surface area (Å²) in [6.07, 6.45) is 6.90. The molecule has 0 spiro atoms. The first-order chi connectivity index (χ1) is 21.8. The van der Waals surface area contributed by atoms with E-state index in [0.717, 1.165) is 73.1 Å². The molecule has 3 saturated heterocycles. The number of carbonyl (C=O) groups is 3. The molecule has 1 aromatic heterocycles. The molecule has 0 unspecified atom stereocenters. The molecule has 12 heteroatoms. The lowest BCUT2D eigenvalue weighted by Crippen LogP contribution is -2.57. The summed E-state index contributed by atoms with van der Waals surface area (Å²) >= 11 is 8.13. The summed E-state index contributed by atoms with van der Waals surface area (Å²) in [5.74, 6) is 1.35. The number of nitrogen functional groups attached to an aromatic ring is 1. The molecule has 0 saturated carbocycles. The van der Waals surface area contributed by atoms with E-state index in [0.29, 0.717) is 55.5 Å². The first-order valence-electron chi connectivity index (χ1n) is 16.6. The zero-order valence-electron chi connectivity index (χ0n) is 26.2. The van der Waals surface area contributed by atoms with E-state index in [1.165, 1.54) is 12.8 Å². The van der Waals surface area contributed by atoms with Gasteiger partial charge in [-0.05, 0) is 98.5 Å². The Labute approximate surface area is 275 Å². The van der Waals surface area contributed by atoms with Gasteiger partial charge in [-0.1, -0.05) is 24.6 Å². The number of thiophene rings is 1. The number of urea groups is 2. The number of halogens is 1. The Kier molecular flexibility index (Phi) is 10.1. The molecule has 0 bridgehead atoms. The molecule has 1 aromatic carbocycles. The molecule has 4 aliphatic rings. The van der Waals surface area contributed by atoms with Crippen LogP contribution in [0.5, 0.6) is 0 Å². The number of piperidine rings is 3. The van der Waals surface area contributed by atoms with Crippen molar-refractivity contribution in [3.05, 3.63) is 44.6 Å². The highest BCUT2D eigenvalue weighted by Crippen LogP contribution is 2.33. The summed E-state index contributed by atoms with van der Waals surface area (Å²) < 4.78 is 0. The molecule has 10 nitrogen and oxygen atoms in total. The normalized spacial score (nSPS) is 20.9. The molecule has 0 radical (unpaired) electrons. The third-order valence-electron chi connectivity index (χ3n) is 10.3. The van der Waals surface area contributed by atoms with Crippen LogP contribution in [0.2, 0.25) is 5.02 Å². The van der Waals surface area contributed by atoms with E-state index in [4.69, 9.17) is 17.3 Å². The number of amides is 5. The van der Waals surface area contributed by atoms with E-state index in [1.807, 2.05) is 40.3 Å². The van der Waals surface area contributed by atoms with Gasteiger partial charge < -0.3 is 36.4 Å². The Morgan fingerprint density at radius 1 is 1.04 bits per heavy atom. The SMILES string of the molecule is CCc1cc(C[C@@H](NC(=O)N2CCC(N3Cc4sccc4NC3=O)CC2)C(=O)N2CCC(C3CCNCC3)CC2)cc(Cl)c1N. The van der Waals surface area contributed by atoms with Crippen LogP contribution in [0.15, 0.2) is 23.6 Å². The highest BCUT2D eigenvalue weighted by molar-refractivity contribution is 7.10. The largest absolute Gasteiger partial charge is 0.397 e. The number of benzene rings is 1. The minimum Gasteiger partial charge on any atom is -0.397 e. The number of nitrogens with one attached hydrogen (secondary N) is 3. The number of anilines is 2. The van der Waals surface area contributed by atoms with Gasteiger partial charge in [0.05, 0.1) is 22.9 Å². The monoisotopic (exact) mass is 655 g/mol. The highest BCUT2D eigenvalue weighted by atomic mass is 35.5. The predicted molar refractivity (Wildman–Crippen MR) is 180 cm³/mol. The summed E-state index contributed by atoms with van der Waals surface area (Å²) in [5, 5.41) is 12.0. The van der Waals surface area contributed by atoms with E-state index in [2.05, 4.69) is 16.0 Å². The van der Waals surface area contributed by atoms with Gasteiger partial charge in [-0.3, -0.25) is 4.79 Å². The summed E-state index contributed by atoms with van der Waals surface area (Å²) in [6, 6.07) is 4.81. The fourth-order valence-corrected chi connectivity index (χ4v) is 8.70. The number of rotatable bonds is 7. The van der Waals surface area contributed by atoms with Crippen LogP contribution >= 0.6 is 22.9 Å². The molecular formula is C33H46ClN7O3S. The van der Waals surface area contributed by atoms with Gasteiger partial charge in [-0.15, -0.1) is 11.3 Å². The number of fused-ring (bicyclic) bond motifs is 1. The summed E-state index contributed by atoms with van der Waals surface area (Å²) in [6.45, 7) is 7.28. The molecule has 244 valence electrons. The molecule has 4 aliphatic heterocycles. The van der Waals surface area contributed by atoms with Crippen molar-refractivity contribution in [2.24, 2.45) is 11.8 Å². The maximum absolute atomic E-state index is 14.1. The van der Waals surface area contributed by atoms with E-state index in [1.54, 1.807) is 16.2 Å². The van der Waals surface area contributed by atoms with Gasteiger partial charge in [0.25, 0.3) is 0 Å². The Morgan fingerprint density at radius 2 is 1.73 bits per heavy atom. The molecule has 5 amide bonds. The van der Waals surface area contributed by atoms with Crippen LogP contribution in [0.4, 0.5) is 21.0 Å². The van der Waals surface area contributed by atoms with Gasteiger partial charge in [0.1, 0.15) is 6.04 Å². The number of hydrogen-bond donors (Lipinski definition) is 4.